The number of hydrogen-bond donors (Lipinski definition) is 11. The molecule has 11 N–H and O–H groups in total. The molecule has 3 fully saturated rings. The summed E-state index contributed by atoms with van der Waals surface area (Å²) in [6.07, 6.45) is -3.00. The number of aliphatic hydroxyl groups is 1. The van der Waals surface area contributed by atoms with Crippen molar-refractivity contribution in [3.63, 3.8) is 0 Å². The molecule has 12 rings (SSSR count). The monoisotopic (exact) mass is 1330 g/mol. The average molecular weight is 1330 g/mol. The minimum Gasteiger partial charge on any atom is -0.504 e. The van der Waals surface area contributed by atoms with Crippen LogP contribution in [0.5, 0.6) is 57.5 Å². The van der Waals surface area contributed by atoms with E-state index in [2.05, 4.69) is 0 Å². The van der Waals surface area contributed by atoms with Crippen molar-refractivity contribution in [2.75, 3.05) is 35.5 Å². The molecular weight excluding hydrogens is 1260 g/mol. The van der Waals surface area contributed by atoms with Crippen LogP contribution in [0.3, 0.4) is 0 Å². The molecule has 5 aromatic rings. The summed E-state index contributed by atoms with van der Waals surface area (Å²) < 4.78 is 58.9. The largest absolute Gasteiger partial charge is 0.504 e. The molecule has 1 saturated heterocycles. The fourth-order valence-corrected chi connectivity index (χ4v) is 13.8. The van der Waals surface area contributed by atoms with Crippen LogP contribution in [0.4, 0.5) is 0 Å². The number of benzene rings is 5. The minimum atomic E-state index is -2.85. The maximum absolute atomic E-state index is 15.9. The van der Waals surface area contributed by atoms with Gasteiger partial charge in [0.15, 0.2) is 57.5 Å². The molecule has 15 atom stereocenters. The molecule has 0 amide bonds. The number of methoxy groups -OCH3 is 5. The smallest absolute Gasteiger partial charge is 0.347 e. The highest BCUT2D eigenvalue weighted by Crippen LogP contribution is 2.68. The molecule has 0 spiro atoms. The van der Waals surface area contributed by atoms with Crippen LogP contribution in [0.15, 0.2) is 139 Å². The Kier molecular flexibility index (Phi) is 19.3. The van der Waals surface area contributed by atoms with Gasteiger partial charge in [-0.1, -0.05) is 54.6 Å². The van der Waals surface area contributed by atoms with E-state index in [1.165, 1.54) is 54.6 Å². The summed E-state index contributed by atoms with van der Waals surface area (Å²) in [6.45, 7) is 0. The minimum absolute atomic E-state index is 0.000296. The van der Waals surface area contributed by atoms with Crippen molar-refractivity contribution >= 4 is 41.8 Å². The van der Waals surface area contributed by atoms with E-state index in [0.29, 0.717) is 0 Å². The van der Waals surface area contributed by atoms with Gasteiger partial charge in [-0.2, -0.15) is 0 Å². The Hall–Kier alpha value is -10.8. The summed E-state index contributed by atoms with van der Waals surface area (Å²) >= 11 is 0. The number of hydrogen-bond acceptors (Lipinski definition) is 28. The Balaban J connectivity index is 1.16. The molecule has 0 aromatic heterocycles. The SMILES string of the molecule is COC(=O)/C=C/C1=C[C@H]2[C@H](c3ccc(O)c(O)c3)[C@@H](C(=O)OC(Cc3ccc(O)c(O)c3)C(=O)OC)[C@@H]1[C@@]1(O)O[C@H]3[C@H]4C=C(/C=C/C(=O)OC(Cc5ccc(O)c(O)c5)C(=O)OC)[C@H]([C@H](C(=O)OC(Cc5ccc(O)c(O)c5)C(=O)OC)[C@H]4c4ccc(O)c(O)c4)[C@@]3(OC)O[C@@H]21. The number of phenols is 10. The molecule has 1 aliphatic heterocycles. The number of rotatable bonds is 21. The number of carbonyl (C=O) groups is 7. The number of ether oxygens (including phenoxy) is 10. The summed E-state index contributed by atoms with van der Waals surface area (Å²) in [5.74, 6) is -31.7. The van der Waals surface area contributed by atoms with Crippen molar-refractivity contribution in [3.05, 3.63) is 166 Å². The summed E-state index contributed by atoms with van der Waals surface area (Å²) in [5, 5.41) is 119. The number of aromatic hydroxyl groups is 10. The molecule has 5 aromatic carbocycles. The van der Waals surface area contributed by atoms with Crippen LogP contribution < -0.4 is 0 Å². The molecule has 0 radical (unpaired) electrons. The van der Waals surface area contributed by atoms with E-state index in [-0.39, 0.29) is 45.4 Å². The van der Waals surface area contributed by atoms with Crippen LogP contribution >= 0.6 is 0 Å². The van der Waals surface area contributed by atoms with E-state index in [0.717, 1.165) is 108 Å². The molecule has 28 nitrogen and oxygen atoms in total. The maximum atomic E-state index is 15.9. The van der Waals surface area contributed by atoms with E-state index in [4.69, 9.17) is 47.4 Å². The van der Waals surface area contributed by atoms with Gasteiger partial charge in [0, 0.05) is 62.2 Å². The highest BCUT2D eigenvalue weighted by Gasteiger charge is 2.77. The van der Waals surface area contributed by atoms with E-state index in [1.807, 2.05) is 0 Å². The third-order valence-electron chi connectivity index (χ3n) is 18.0. The summed E-state index contributed by atoms with van der Waals surface area (Å²) in [7, 11) is 5.28. The zero-order chi connectivity index (χ0) is 69.4. The van der Waals surface area contributed by atoms with Gasteiger partial charge in [0.2, 0.25) is 29.9 Å². The van der Waals surface area contributed by atoms with Crippen molar-refractivity contribution in [2.24, 2.45) is 35.5 Å². The first kappa shape index (κ1) is 68.1. The molecule has 1 heterocycles. The van der Waals surface area contributed by atoms with Crippen LogP contribution in [0.1, 0.15) is 39.7 Å². The van der Waals surface area contributed by atoms with Gasteiger partial charge in [-0.05, 0) is 99.6 Å². The molecule has 4 bridgehead atoms. The van der Waals surface area contributed by atoms with Crippen LogP contribution in [-0.4, -0.2) is 176 Å². The molecule has 96 heavy (non-hydrogen) atoms. The highest BCUT2D eigenvalue weighted by atomic mass is 16.8. The van der Waals surface area contributed by atoms with Crippen LogP contribution in [0.25, 0.3) is 0 Å². The fraction of sp³-hybridized carbons (Fsp3) is 0.338. The van der Waals surface area contributed by atoms with Crippen LogP contribution in [0.2, 0.25) is 0 Å². The molecule has 28 heteroatoms. The Morgan fingerprint density at radius 1 is 0.438 bits per heavy atom. The van der Waals surface area contributed by atoms with Gasteiger partial charge in [0.1, 0.15) is 12.2 Å². The van der Waals surface area contributed by atoms with E-state index in [9.17, 15) is 80.1 Å². The highest BCUT2D eigenvalue weighted by molar-refractivity contribution is 5.88. The van der Waals surface area contributed by atoms with Crippen molar-refractivity contribution in [1.82, 2.24) is 0 Å². The van der Waals surface area contributed by atoms with Crippen molar-refractivity contribution < 1.29 is 137 Å². The summed E-state index contributed by atoms with van der Waals surface area (Å²) in [4.78, 5) is 99.3. The maximum Gasteiger partial charge on any atom is 0.347 e. The summed E-state index contributed by atoms with van der Waals surface area (Å²) in [6, 6.07) is 17.8. The Morgan fingerprint density at radius 2 is 0.802 bits per heavy atom. The molecule has 2 saturated carbocycles. The third-order valence-corrected chi connectivity index (χ3v) is 18.0. The van der Waals surface area contributed by atoms with Gasteiger partial charge in [-0.25, -0.2) is 24.0 Å². The Morgan fingerprint density at radius 3 is 1.19 bits per heavy atom. The number of carbonyl (C=O) groups excluding carboxylic acids is 7. The first-order valence-electron chi connectivity index (χ1n) is 29.6. The van der Waals surface area contributed by atoms with Crippen molar-refractivity contribution in [1.29, 1.82) is 0 Å². The van der Waals surface area contributed by atoms with Gasteiger partial charge < -0.3 is 104 Å². The predicted octanol–water partition coefficient (Wildman–Crippen LogP) is 4.30. The average Bonchev–Trinajstić information content (AvgIpc) is 0.666. The molecular formula is C68H66O28. The number of allylic oxidation sites excluding steroid dienone is 2. The Labute approximate surface area is 545 Å². The van der Waals surface area contributed by atoms with Gasteiger partial charge in [0.05, 0.1) is 52.1 Å². The van der Waals surface area contributed by atoms with Crippen LogP contribution in [-0.2, 0) is 100 Å². The zero-order valence-corrected chi connectivity index (χ0v) is 51.6. The van der Waals surface area contributed by atoms with E-state index in [1.54, 1.807) is 0 Å². The molecule has 3 unspecified atom stereocenters. The Bertz CT molecular complexity index is 4040. The second-order valence-corrected chi connectivity index (χ2v) is 23.4. The first-order chi connectivity index (χ1) is 45.7. The topological polar surface area (TPSA) is 434 Å². The van der Waals surface area contributed by atoms with E-state index >= 15 is 9.59 Å². The number of esters is 7. The van der Waals surface area contributed by atoms with Crippen LogP contribution in [0, 0.1) is 35.5 Å². The lowest BCUT2D eigenvalue weighted by molar-refractivity contribution is -0.479. The molecule has 7 aliphatic rings. The number of fused-ring (bicyclic) bond motifs is 2. The molecule has 506 valence electrons. The number of phenolic OH excluding ortho intramolecular Hbond substituents is 10. The van der Waals surface area contributed by atoms with Gasteiger partial charge >= 0.3 is 41.8 Å². The standard InChI is InChI=1S/C68H66O28/c1-87-52(79)18-11-35-26-37-54(33-9-16-42(72)47(77)28-33)56(65(84)93-50(63(82)89-3)24-31-7-14-40(70)45(75)21-31)58(35)67(86)60(37)96-68(91-5)59-36(12-19-53(80)92-49(62(81)88-2)23-30-6-13-39(69)44(74)20-30)27-38(61(68)95-67)55(34-10-17-43(73)48(78)29-34)57(59)66(85)94-51(64(83)90-4)25-32-8-15-41(71)46(76)22-32/h6-22,26-29,37-38,49-51,54-61,69-78,86H,23-25H2,1-5H3/b18-11+,19-12+/t37-,38-,49?,50?,51?,54-,55-,56+,57+,58+,59+,60-,61-,67+,68+/m0/s1. The normalized spacial score (nSPS) is 26.2. The van der Waals surface area contributed by atoms with Gasteiger partial charge in [0.25, 0.3) is 0 Å². The summed E-state index contributed by atoms with van der Waals surface area (Å²) in [5.41, 5.74) is 0.645. The van der Waals surface area contributed by atoms with Crippen molar-refractivity contribution in [3.8, 4) is 57.5 Å². The fourth-order valence-electron chi connectivity index (χ4n) is 13.8. The lowest BCUT2D eigenvalue weighted by atomic mass is 9.50. The van der Waals surface area contributed by atoms with Crippen molar-refractivity contribution in [2.45, 2.75) is 73.2 Å². The lowest BCUT2D eigenvalue weighted by Gasteiger charge is -2.68. The lowest BCUT2D eigenvalue weighted by Crippen LogP contribution is -2.79. The second kappa shape index (κ2) is 27.3. The quantitative estimate of drug-likeness (QED) is 0.0211. The predicted molar refractivity (Wildman–Crippen MR) is 323 cm³/mol. The van der Waals surface area contributed by atoms with E-state index < -0.39 is 202 Å². The van der Waals surface area contributed by atoms with Gasteiger partial charge in [-0.15, -0.1) is 0 Å². The second-order valence-electron chi connectivity index (χ2n) is 23.4. The zero-order valence-electron chi connectivity index (χ0n) is 51.6. The first-order valence-corrected chi connectivity index (χ1v) is 29.6. The third kappa shape index (κ3) is 12.8. The van der Waals surface area contributed by atoms with Gasteiger partial charge in [-0.3, -0.25) is 9.59 Å². The molecule has 6 aliphatic carbocycles.